The third-order valence-electron chi connectivity index (χ3n) is 2.59. The highest BCUT2D eigenvalue weighted by molar-refractivity contribution is 5.94. The van der Waals surface area contributed by atoms with E-state index in [2.05, 4.69) is 5.32 Å². The molecule has 112 valence electrons. The van der Waals surface area contributed by atoms with Crippen molar-refractivity contribution >= 4 is 23.6 Å². The summed E-state index contributed by atoms with van der Waals surface area (Å²) in [6.07, 6.45) is 0.903. The van der Waals surface area contributed by atoms with Crippen LogP contribution in [0.4, 0.5) is 5.69 Å². The molecule has 0 saturated carbocycles. The number of carboxylic acid groups (broad SMARTS) is 1. The summed E-state index contributed by atoms with van der Waals surface area (Å²) in [6, 6.07) is 4.34. The number of carbonyl (C=O) groups excluding carboxylic acids is 1. The van der Waals surface area contributed by atoms with Gasteiger partial charge in [-0.05, 0) is 19.1 Å². The Hall–Kier alpha value is -2.74. The standard InChI is InChI=1S/C13H14N2O6/c1-8(16)12(13(18)19)14-11(17)7-6-9-4-2-3-5-10(9)15(20)21/h2-8,12,16H,1H3,(H,14,17)(H,18,19)/b7-6+. The summed E-state index contributed by atoms with van der Waals surface area (Å²) in [6.45, 7) is 1.23. The fourth-order valence-corrected chi connectivity index (χ4v) is 1.55. The van der Waals surface area contributed by atoms with Gasteiger partial charge in [0.15, 0.2) is 6.04 Å². The van der Waals surface area contributed by atoms with Gasteiger partial charge in [-0.25, -0.2) is 4.79 Å². The first kappa shape index (κ1) is 16.3. The number of para-hydroxylation sites is 1. The van der Waals surface area contributed by atoms with Crippen LogP contribution in [-0.2, 0) is 9.59 Å². The first-order chi connectivity index (χ1) is 9.82. The quantitative estimate of drug-likeness (QED) is 0.399. The molecule has 0 aliphatic carbocycles. The summed E-state index contributed by atoms with van der Waals surface area (Å²) >= 11 is 0. The second kappa shape index (κ2) is 7.15. The van der Waals surface area contributed by atoms with Crippen LogP contribution in [-0.4, -0.2) is 39.2 Å². The number of nitrogens with one attached hydrogen (secondary N) is 1. The number of aliphatic hydroxyl groups is 1. The fraction of sp³-hybridized carbons (Fsp3) is 0.231. The van der Waals surface area contributed by atoms with Crippen LogP contribution in [0, 0.1) is 10.1 Å². The van der Waals surface area contributed by atoms with Gasteiger partial charge in [-0.3, -0.25) is 14.9 Å². The molecule has 1 rings (SSSR count). The highest BCUT2D eigenvalue weighted by atomic mass is 16.6. The number of benzene rings is 1. The van der Waals surface area contributed by atoms with E-state index in [4.69, 9.17) is 5.11 Å². The van der Waals surface area contributed by atoms with Crippen LogP contribution >= 0.6 is 0 Å². The number of carbonyl (C=O) groups is 2. The van der Waals surface area contributed by atoms with Crippen molar-refractivity contribution in [3.05, 3.63) is 46.0 Å². The van der Waals surface area contributed by atoms with Crippen molar-refractivity contribution < 1.29 is 24.7 Å². The molecule has 1 aromatic carbocycles. The Balaban J connectivity index is 2.84. The first-order valence-corrected chi connectivity index (χ1v) is 5.95. The number of amides is 1. The molecular weight excluding hydrogens is 280 g/mol. The number of carboxylic acids is 1. The largest absolute Gasteiger partial charge is 0.480 e. The van der Waals surface area contributed by atoms with E-state index >= 15 is 0 Å². The molecule has 0 saturated heterocycles. The molecule has 0 spiro atoms. The molecule has 0 radical (unpaired) electrons. The second-order valence-corrected chi connectivity index (χ2v) is 4.21. The van der Waals surface area contributed by atoms with Gasteiger partial charge in [0, 0.05) is 12.1 Å². The molecule has 8 nitrogen and oxygen atoms in total. The predicted molar refractivity (Wildman–Crippen MR) is 73.4 cm³/mol. The molecule has 0 aliphatic rings. The lowest BCUT2D eigenvalue weighted by atomic mass is 10.1. The maximum Gasteiger partial charge on any atom is 0.328 e. The van der Waals surface area contributed by atoms with E-state index in [0.717, 1.165) is 6.08 Å². The van der Waals surface area contributed by atoms with Crippen molar-refractivity contribution in [2.75, 3.05) is 0 Å². The molecule has 2 atom stereocenters. The summed E-state index contributed by atoms with van der Waals surface area (Å²) in [7, 11) is 0. The molecule has 8 heteroatoms. The van der Waals surface area contributed by atoms with Gasteiger partial charge in [-0.2, -0.15) is 0 Å². The van der Waals surface area contributed by atoms with Crippen LogP contribution in [0.3, 0.4) is 0 Å². The van der Waals surface area contributed by atoms with Gasteiger partial charge in [0.05, 0.1) is 16.6 Å². The molecule has 2 unspecified atom stereocenters. The summed E-state index contributed by atoms with van der Waals surface area (Å²) in [5.74, 6) is -2.15. The van der Waals surface area contributed by atoms with Gasteiger partial charge in [0.2, 0.25) is 5.91 Å². The van der Waals surface area contributed by atoms with Crippen molar-refractivity contribution in [2.45, 2.75) is 19.1 Å². The normalized spacial score (nSPS) is 13.6. The monoisotopic (exact) mass is 294 g/mol. The second-order valence-electron chi connectivity index (χ2n) is 4.21. The molecule has 21 heavy (non-hydrogen) atoms. The van der Waals surface area contributed by atoms with Gasteiger partial charge in [-0.15, -0.1) is 0 Å². The zero-order valence-electron chi connectivity index (χ0n) is 11.1. The van der Waals surface area contributed by atoms with E-state index in [9.17, 15) is 24.8 Å². The smallest absolute Gasteiger partial charge is 0.328 e. The average molecular weight is 294 g/mol. The molecule has 3 N–H and O–H groups in total. The van der Waals surface area contributed by atoms with E-state index in [1.807, 2.05) is 0 Å². The van der Waals surface area contributed by atoms with E-state index in [1.165, 1.54) is 31.2 Å². The Morgan fingerprint density at radius 1 is 1.38 bits per heavy atom. The molecule has 1 aromatic rings. The summed E-state index contributed by atoms with van der Waals surface area (Å²) in [5.41, 5.74) is 0.0356. The topological polar surface area (TPSA) is 130 Å². The maximum absolute atomic E-state index is 11.6. The van der Waals surface area contributed by atoms with Gasteiger partial charge < -0.3 is 15.5 Å². The lowest BCUT2D eigenvalue weighted by Gasteiger charge is -2.15. The SMILES string of the molecule is CC(O)C(NC(=O)/C=C/c1ccccc1[N+](=O)[O-])C(=O)O. The summed E-state index contributed by atoms with van der Waals surface area (Å²) < 4.78 is 0. The number of nitro groups is 1. The Kier molecular flexibility index (Phi) is 5.56. The summed E-state index contributed by atoms with van der Waals surface area (Å²) in [4.78, 5) is 32.6. The van der Waals surface area contributed by atoms with Crippen LogP contribution in [0.2, 0.25) is 0 Å². The van der Waals surface area contributed by atoms with Crippen LogP contribution in [0.5, 0.6) is 0 Å². The van der Waals surface area contributed by atoms with Crippen molar-refractivity contribution in [3.8, 4) is 0 Å². The van der Waals surface area contributed by atoms with Crippen LogP contribution in [0.25, 0.3) is 6.08 Å². The van der Waals surface area contributed by atoms with E-state index in [-0.39, 0.29) is 11.3 Å². The first-order valence-electron chi connectivity index (χ1n) is 5.95. The van der Waals surface area contributed by atoms with Gasteiger partial charge in [0.1, 0.15) is 0 Å². The zero-order valence-corrected chi connectivity index (χ0v) is 11.1. The van der Waals surface area contributed by atoms with Crippen molar-refractivity contribution in [2.24, 2.45) is 0 Å². The fourth-order valence-electron chi connectivity index (χ4n) is 1.55. The number of nitro benzene ring substituents is 1. The van der Waals surface area contributed by atoms with Gasteiger partial charge >= 0.3 is 5.97 Å². The minimum atomic E-state index is -1.45. The Labute approximate surface area is 119 Å². The van der Waals surface area contributed by atoms with Crippen LogP contribution < -0.4 is 5.32 Å². The molecule has 0 bridgehead atoms. The molecular formula is C13H14N2O6. The third-order valence-corrected chi connectivity index (χ3v) is 2.59. The Morgan fingerprint density at radius 2 is 2.00 bits per heavy atom. The minimum Gasteiger partial charge on any atom is -0.480 e. The molecule has 0 aliphatic heterocycles. The number of hydrogen-bond donors (Lipinski definition) is 3. The minimum absolute atomic E-state index is 0.174. The predicted octanol–water partition coefficient (Wildman–Crippen LogP) is 0.558. The van der Waals surface area contributed by atoms with Crippen LogP contribution in [0.15, 0.2) is 30.3 Å². The van der Waals surface area contributed by atoms with Gasteiger partial charge in [-0.1, -0.05) is 12.1 Å². The number of rotatable bonds is 6. The Bertz CT molecular complexity index is 582. The molecule has 0 heterocycles. The highest BCUT2D eigenvalue weighted by Crippen LogP contribution is 2.18. The van der Waals surface area contributed by atoms with Crippen molar-refractivity contribution in [3.63, 3.8) is 0 Å². The third kappa shape index (κ3) is 4.69. The zero-order chi connectivity index (χ0) is 16.0. The van der Waals surface area contributed by atoms with Crippen molar-refractivity contribution in [1.82, 2.24) is 5.32 Å². The summed E-state index contributed by atoms with van der Waals surface area (Å²) in [5, 5.41) is 30.9. The van der Waals surface area contributed by atoms with E-state index < -0.39 is 28.9 Å². The van der Waals surface area contributed by atoms with Crippen molar-refractivity contribution in [1.29, 1.82) is 0 Å². The number of aliphatic carboxylic acids is 1. The van der Waals surface area contributed by atoms with Crippen LogP contribution in [0.1, 0.15) is 12.5 Å². The molecule has 1 amide bonds. The maximum atomic E-state index is 11.6. The lowest BCUT2D eigenvalue weighted by Crippen LogP contribution is -2.47. The molecule has 0 aromatic heterocycles. The number of aliphatic hydroxyl groups excluding tert-OH is 1. The van der Waals surface area contributed by atoms with E-state index in [0.29, 0.717) is 0 Å². The average Bonchev–Trinajstić information content (AvgIpc) is 2.42. The number of nitrogens with zero attached hydrogens (tertiary/aromatic N) is 1. The van der Waals surface area contributed by atoms with E-state index in [1.54, 1.807) is 6.07 Å². The van der Waals surface area contributed by atoms with Gasteiger partial charge in [0.25, 0.3) is 5.69 Å². The number of hydrogen-bond acceptors (Lipinski definition) is 5. The highest BCUT2D eigenvalue weighted by Gasteiger charge is 2.24. The molecule has 0 fully saturated rings. The Morgan fingerprint density at radius 3 is 2.52 bits per heavy atom. The lowest BCUT2D eigenvalue weighted by molar-refractivity contribution is -0.385.